The number of ether oxygens (including phenoxy) is 3. The first-order valence-electron chi connectivity index (χ1n) is 8.11. The Kier molecular flexibility index (Phi) is 3.80. The van der Waals surface area contributed by atoms with Crippen molar-refractivity contribution in [3.8, 4) is 0 Å². The number of hydrogen-bond acceptors (Lipinski definition) is 4. The maximum atomic E-state index is 12.2. The molecular weight excluding hydrogens is 256 g/mol. The number of rotatable bonds is 4. The summed E-state index contributed by atoms with van der Waals surface area (Å²) in [5, 5.41) is 0. The van der Waals surface area contributed by atoms with Crippen LogP contribution in [-0.2, 0) is 19.0 Å². The van der Waals surface area contributed by atoms with Gasteiger partial charge in [-0.3, -0.25) is 4.79 Å². The van der Waals surface area contributed by atoms with Gasteiger partial charge in [0.2, 0.25) is 0 Å². The number of carbonyl (C=O) groups excluding carboxylic acids is 1. The van der Waals surface area contributed by atoms with Gasteiger partial charge >= 0.3 is 5.97 Å². The fourth-order valence-electron chi connectivity index (χ4n) is 4.75. The molecule has 3 fully saturated rings. The van der Waals surface area contributed by atoms with Gasteiger partial charge in [0.1, 0.15) is 0 Å². The summed E-state index contributed by atoms with van der Waals surface area (Å²) in [7, 11) is 0. The largest absolute Gasteiger partial charge is 0.466 e. The number of hydrogen-bond donors (Lipinski definition) is 0. The molecule has 0 aromatic carbocycles. The van der Waals surface area contributed by atoms with E-state index in [-0.39, 0.29) is 36.1 Å². The van der Waals surface area contributed by atoms with Gasteiger partial charge in [0.15, 0.2) is 0 Å². The monoisotopic (exact) mass is 282 g/mol. The zero-order chi connectivity index (χ0) is 14.4. The Balaban J connectivity index is 1.85. The molecule has 0 N–H and O–H groups in total. The van der Waals surface area contributed by atoms with E-state index in [9.17, 15) is 4.79 Å². The molecule has 0 aromatic heterocycles. The molecule has 8 atom stereocenters. The zero-order valence-corrected chi connectivity index (χ0v) is 12.9. The van der Waals surface area contributed by atoms with Gasteiger partial charge in [-0.1, -0.05) is 20.8 Å². The number of fused-ring (bicyclic) bond motifs is 5. The summed E-state index contributed by atoms with van der Waals surface area (Å²) in [6.45, 7) is 8.78. The van der Waals surface area contributed by atoms with E-state index in [1.165, 1.54) is 0 Å². The molecule has 3 saturated heterocycles. The van der Waals surface area contributed by atoms with Gasteiger partial charge in [0.05, 0.1) is 36.9 Å². The Labute approximate surface area is 121 Å². The van der Waals surface area contributed by atoms with Crippen LogP contribution in [0.15, 0.2) is 0 Å². The first-order chi connectivity index (χ1) is 9.63. The molecular formula is C16H26O4. The van der Waals surface area contributed by atoms with E-state index >= 15 is 0 Å². The van der Waals surface area contributed by atoms with Crippen LogP contribution in [0.2, 0.25) is 0 Å². The van der Waals surface area contributed by atoms with Gasteiger partial charge in [0, 0.05) is 11.8 Å². The van der Waals surface area contributed by atoms with Gasteiger partial charge in [-0.25, -0.2) is 0 Å². The normalized spacial score (nSPS) is 49.4. The predicted octanol–water partition coefficient (Wildman–Crippen LogP) is 2.40. The Hall–Kier alpha value is -0.610. The standard InChI is InChI=1S/C16H26O4/c1-5-9-12-13(10(6-2)19-9)15-11(16(17)18-7-3)8(4)14(12)20-15/h8-15H,5-7H2,1-4H3. The Morgan fingerprint density at radius 2 is 1.60 bits per heavy atom. The van der Waals surface area contributed by atoms with E-state index < -0.39 is 0 Å². The molecule has 114 valence electrons. The molecule has 3 heterocycles. The van der Waals surface area contributed by atoms with Crippen molar-refractivity contribution in [1.82, 2.24) is 0 Å². The topological polar surface area (TPSA) is 44.8 Å². The van der Waals surface area contributed by atoms with Crippen LogP contribution < -0.4 is 0 Å². The third-order valence-corrected chi connectivity index (χ3v) is 5.53. The maximum absolute atomic E-state index is 12.2. The summed E-state index contributed by atoms with van der Waals surface area (Å²) < 4.78 is 17.7. The van der Waals surface area contributed by atoms with Crippen molar-refractivity contribution in [1.29, 1.82) is 0 Å². The lowest BCUT2D eigenvalue weighted by molar-refractivity contribution is -0.152. The minimum atomic E-state index is -0.102. The molecule has 3 rings (SSSR count). The smallest absolute Gasteiger partial charge is 0.311 e. The lowest BCUT2D eigenvalue weighted by Gasteiger charge is -2.33. The molecule has 3 aliphatic rings. The van der Waals surface area contributed by atoms with Crippen molar-refractivity contribution >= 4 is 5.97 Å². The summed E-state index contributed by atoms with van der Waals surface area (Å²) in [6.07, 6.45) is 2.73. The second kappa shape index (κ2) is 5.30. The van der Waals surface area contributed by atoms with Gasteiger partial charge in [-0.15, -0.1) is 0 Å². The Bertz CT molecular complexity index is 383. The lowest BCUT2D eigenvalue weighted by atomic mass is 9.66. The average Bonchev–Trinajstić information content (AvgIpc) is 3.06. The van der Waals surface area contributed by atoms with Crippen LogP contribution in [0.5, 0.6) is 0 Å². The summed E-state index contributed by atoms with van der Waals surface area (Å²) in [6, 6.07) is 0. The third kappa shape index (κ3) is 1.84. The lowest BCUT2D eigenvalue weighted by Crippen LogP contribution is -2.45. The Morgan fingerprint density at radius 3 is 2.15 bits per heavy atom. The predicted molar refractivity (Wildman–Crippen MR) is 74.2 cm³/mol. The fraction of sp³-hybridized carbons (Fsp3) is 0.938. The first kappa shape index (κ1) is 14.3. The molecule has 3 aliphatic heterocycles. The van der Waals surface area contributed by atoms with Crippen molar-refractivity contribution in [2.75, 3.05) is 6.61 Å². The average molecular weight is 282 g/mol. The zero-order valence-electron chi connectivity index (χ0n) is 12.9. The van der Waals surface area contributed by atoms with Gasteiger partial charge in [-0.05, 0) is 25.7 Å². The van der Waals surface area contributed by atoms with Crippen molar-refractivity contribution < 1.29 is 19.0 Å². The van der Waals surface area contributed by atoms with Gasteiger partial charge in [-0.2, -0.15) is 0 Å². The van der Waals surface area contributed by atoms with Crippen LogP contribution in [0.25, 0.3) is 0 Å². The highest BCUT2D eigenvalue weighted by atomic mass is 16.6. The second-order valence-electron chi connectivity index (χ2n) is 6.39. The quantitative estimate of drug-likeness (QED) is 0.743. The van der Waals surface area contributed by atoms with E-state index in [0.29, 0.717) is 24.5 Å². The van der Waals surface area contributed by atoms with E-state index in [1.807, 2.05) is 6.92 Å². The molecule has 0 aromatic rings. The first-order valence-corrected chi connectivity index (χ1v) is 8.11. The van der Waals surface area contributed by atoms with Crippen LogP contribution in [0.1, 0.15) is 40.5 Å². The third-order valence-electron chi connectivity index (χ3n) is 5.53. The molecule has 4 heteroatoms. The SMILES string of the molecule is CCOC(=O)C1C(C)C2OC1C1C(CC)OC(CC)C21. The molecule has 0 spiro atoms. The van der Waals surface area contributed by atoms with Gasteiger partial charge in [0.25, 0.3) is 0 Å². The van der Waals surface area contributed by atoms with E-state index in [2.05, 4.69) is 20.8 Å². The summed E-state index contributed by atoms with van der Waals surface area (Å²) >= 11 is 0. The number of esters is 1. The highest BCUT2D eigenvalue weighted by Crippen LogP contribution is 2.57. The molecule has 0 saturated carbocycles. The van der Waals surface area contributed by atoms with Crippen molar-refractivity contribution in [3.05, 3.63) is 0 Å². The van der Waals surface area contributed by atoms with Crippen molar-refractivity contribution in [2.24, 2.45) is 23.7 Å². The van der Waals surface area contributed by atoms with Crippen LogP contribution in [-0.4, -0.2) is 37.0 Å². The molecule has 2 bridgehead atoms. The molecule has 0 amide bonds. The maximum Gasteiger partial charge on any atom is 0.311 e. The van der Waals surface area contributed by atoms with Crippen LogP contribution in [0.3, 0.4) is 0 Å². The minimum Gasteiger partial charge on any atom is -0.466 e. The molecule has 20 heavy (non-hydrogen) atoms. The van der Waals surface area contributed by atoms with E-state index in [0.717, 1.165) is 12.8 Å². The highest BCUT2D eigenvalue weighted by molar-refractivity contribution is 5.74. The molecule has 4 nitrogen and oxygen atoms in total. The Morgan fingerprint density at radius 1 is 1.00 bits per heavy atom. The minimum absolute atomic E-state index is 0.000509. The summed E-state index contributed by atoms with van der Waals surface area (Å²) in [5.41, 5.74) is 0. The number of carbonyl (C=O) groups is 1. The van der Waals surface area contributed by atoms with Crippen molar-refractivity contribution in [3.63, 3.8) is 0 Å². The van der Waals surface area contributed by atoms with Crippen LogP contribution in [0.4, 0.5) is 0 Å². The molecule has 8 unspecified atom stereocenters. The van der Waals surface area contributed by atoms with E-state index in [4.69, 9.17) is 14.2 Å². The van der Waals surface area contributed by atoms with Crippen LogP contribution in [0, 0.1) is 23.7 Å². The van der Waals surface area contributed by atoms with Gasteiger partial charge < -0.3 is 14.2 Å². The fourth-order valence-corrected chi connectivity index (χ4v) is 4.75. The van der Waals surface area contributed by atoms with Crippen LogP contribution >= 0.6 is 0 Å². The van der Waals surface area contributed by atoms with Crippen molar-refractivity contribution in [2.45, 2.75) is 65.0 Å². The highest BCUT2D eigenvalue weighted by Gasteiger charge is 2.66. The summed E-state index contributed by atoms with van der Waals surface area (Å²) in [4.78, 5) is 12.2. The molecule has 0 aliphatic carbocycles. The second-order valence-corrected chi connectivity index (χ2v) is 6.39. The molecule has 0 radical (unpaired) electrons. The van der Waals surface area contributed by atoms with E-state index in [1.54, 1.807) is 0 Å². The summed E-state index contributed by atoms with van der Waals surface area (Å²) in [5.74, 6) is 0.903.